The number of rotatable bonds is 4. The third kappa shape index (κ3) is 4.01. The average molecular weight is 346 g/mol. The van der Waals surface area contributed by atoms with E-state index in [1.165, 1.54) is 0 Å². The van der Waals surface area contributed by atoms with Crippen LogP contribution in [0.15, 0.2) is 48.5 Å². The number of piperidine rings is 1. The molecule has 5 heteroatoms. The lowest BCUT2D eigenvalue weighted by atomic mass is 10.1. The smallest absolute Gasteiger partial charge is 0.253 e. The molecule has 1 aliphatic rings. The van der Waals surface area contributed by atoms with Crippen LogP contribution in [0.3, 0.4) is 0 Å². The second-order valence-corrected chi connectivity index (χ2v) is 6.23. The molecule has 0 atom stereocenters. The van der Waals surface area contributed by atoms with E-state index in [-0.39, 0.29) is 12.0 Å². The van der Waals surface area contributed by atoms with E-state index in [0.717, 1.165) is 24.3 Å². The number of nitrogens with zero attached hydrogens (tertiary/aromatic N) is 1. The predicted molar refractivity (Wildman–Crippen MR) is 94.0 cm³/mol. The van der Waals surface area contributed by atoms with Crippen molar-refractivity contribution in [1.29, 1.82) is 0 Å². The minimum absolute atomic E-state index is 0.0580. The highest BCUT2D eigenvalue weighted by atomic mass is 35.5. The van der Waals surface area contributed by atoms with E-state index in [1.807, 2.05) is 41.3 Å². The largest absolute Gasteiger partial charge is 0.497 e. The fourth-order valence-corrected chi connectivity index (χ4v) is 2.92. The standard InChI is InChI=1S/C19H20ClNO3/c1-23-16-6-2-14(3-7-16)19(22)21-12-10-18(11-13-21)24-17-8-4-15(20)5-9-17/h2-9,18H,10-13H2,1H3. The third-order valence-electron chi connectivity index (χ3n) is 4.18. The molecule has 1 amide bonds. The Labute approximate surface area is 146 Å². The summed E-state index contributed by atoms with van der Waals surface area (Å²) in [4.78, 5) is 14.4. The van der Waals surface area contributed by atoms with Crippen LogP contribution in [0, 0.1) is 0 Å². The number of benzene rings is 2. The topological polar surface area (TPSA) is 38.8 Å². The van der Waals surface area contributed by atoms with Crippen molar-refractivity contribution >= 4 is 17.5 Å². The van der Waals surface area contributed by atoms with Crippen LogP contribution in [0.1, 0.15) is 23.2 Å². The number of carbonyl (C=O) groups is 1. The maximum atomic E-state index is 12.5. The summed E-state index contributed by atoms with van der Waals surface area (Å²) in [7, 11) is 1.61. The van der Waals surface area contributed by atoms with Crippen molar-refractivity contribution in [3.8, 4) is 11.5 Å². The summed E-state index contributed by atoms with van der Waals surface area (Å²) in [6.45, 7) is 1.40. The van der Waals surface area contributed by atoms with E-state index >= 15 is 0 Å². The van der Waals surface area contributed by atoms with Gasteiger partial charge in [-0.15, -0.1) is 0 Å². The van der Waals surface area contributed by atoms with Gasteiger partial charge in [0.25, 0.3) is 5.91 Å². The van der Waals surface area contributed by atoms with Gasteiger partial charge in [-0.2, -0.15) is 0 Å². The molecule has 1 fully saturated rings. The van der Waals surface area contributed by atoms with Gasteiger partial charge in [0.15, 0.2) is 0 Å². The first-order chi connectivity index (χ1) is 11.7. The number of hydrogen-bond donors (Lipinski definition) is 0. The van der Waals surface area contributed by atoms with E-state index in [1.54, 1.807) is 19.2 Å². The summed E-state index contributed by atoms with van der Waals surface area (Å²) in [6, 6.07) is 14.6. The Kier molecular flexibility index (Phi) is 5.26. The molecule has 1 heterocycles. The van der Waals surface area contributed by atoms with E-state index < -0.39 is 0 Å². The van der Waals surface area contributed by atoms with Crippen molar-refractivity contribution in [2.75, 3.05) is 20.2 Å². The number of ether oxygens (including phenoxy) is 2. The summed E-state index contributed by atoms with van der Waals surface area (Å²) >= 11 is 5.88. The molecular weight excluding hydrogens is 326 g/mol. The lowest BCUT2D eigenvalue weighted by Crippen LogP contribution is -2.41. The van der Waals surface area contributed by atoms with Crippen molar-refractivity contribution in [2.24, 2.45) is 0 Å². The van der Waals surface area contributed by atoms with E-state index in [2.05, 4.69) is 0 Å². The maximum Gasteiger partial charge on any atom is 0.253 e. The van der Waals surface area contributed by atoms with Crippen LogP contribution in [0.2, 0.25) is 5.02 Å². The van der Waals surface area contributed by atoms with Crippen LogP contribution in [0.4, 0.5) is 0 Å². The molecule has 0 N–H and O–H groups in total. The van der Waals surface area contributed by atoms with Crippen LogP contribution >= 0.6 is 11.6 Å². The van der Waals surface area contributed by atoms with Crippen molar-refractivity contribution in [2.45, 2.75) is 18.9 Å². The SMILES string of the molecule is COc1ccc(C(=O)N2CCC(Oc3ccc(Cl)cc3)CC2)cc1. The molecule has 1 aliphatic heterocycles. The lowest BCUT2D eigenvalue weighted by molar-refractivity contribution is 0.0595. The predicted octanol–water partition coefficient (Wildman–Crippen LogP) is 4.03. The van der Waals surface area contributed by atoms with Gasteiger partial charge >= 0.3 is 0 Å². The average Bonchev–Trinajstić information content (AvgIpc) is 2.64. The molecule has 1 saturated heterocycles. The molecule has 126 valence electrons. The molecular formula is C19H20ClNO3. The van der Waals surface area contributed by atoms with Crippen molar-refractivity contribution < 1.29 is 14.3 Å². The van der Waals surface area contributed by atoms with Crippen LogP contribution in [-0.4, -0.2) is 37.1 Å². The van der Waals surface area contributed by atoms with E-state index in [0.29, 0.717) is 23.7 Å². The summed E-state index contributed by atoms with van der Waals surface area (Å²) in [5.41, 5.74) is 0.688. The number of carbonyl (C=O) groups excluding carboxylic acids is 1. The monoisotopic (exact) mass is 345 g/mol. The molecule has 0 spiro atoms. The Balaban J connectivity index is 1.54. The molecule has 3 rings (SSSR count). The number of methoxy groups -OCH3 is 1. The Bertz CT molecular complexity index is 677. The minimum Gasteiger partial charge on any atom is -0.497 e. The molecule has 0 saturated carbocycles. The number of halogens is 1. The molecule has 0 aliphatic carbocycles. The van der Waals surface area contributed by atoms with E-state index in [4.69, 9.17) is 21.1 Å². The lowest BCUT2D eigenvalue weighted by Gasteiger charge is -2.32. The van der Waals surface area contributed by atoms with Gasteiger partial charge in [0.1, 0.15) is 17.6 Å². The summed E-state index contributed by atoms with van der Waals surface area (Å²) in [5, 5.41) is 0.697. The molecule has 0 radical (unpaired) electrons. The maximum absolute atomic E-state index is 12.5. The highest BCUT2D eigenvalue weighted by Crippen LogP contribution is 2.22. The zero-order chi connectivity index (χ0) is 16.9. The summed E-state index contributed by atoms with van der Waals surface area (Å²) in [5.74, 6) is 1.63. The zero-order valence-corrected chi connectivity index (χ0v) is 14.3. The molecule has 0 bridgehead atoms. The number of hydrogen-bond acceptors (Lipinski definition) is 3. The van der Waals surface area contributed by atoms with Crippen molar-refractivity contribution in [3.63, 3.8) is 0 Å². The van der Waals surface area contributed by atoms with E-state index in [9.17, 15) is 4.79 Å². The molecule has 2 aromatic carbocycles. The fourth-order valence-electron chi connectivity index (χ4n) is 2.80. The second kappa shape index (κ2) is 7.58. The molecule has 24 heavy (non-hydrogen) atoms. The minimum atomic E-state index is 0.0580. The Morgan fingerprint density at radius 2 is 1.58 bits per heavy atom. The van der Waals surface area contributed by atoms with Gasteiger partial charge in [-0.25, -0.2) is 0 Å². The molecule has 0 unspecified atom stereocenters. The molecule has 2 aromatic rings. The number of amides is 1. The van der Waals surface area contributed by atoms with Gasteiger partial charge < -0.3 is 14.4 Å². The molecule has 4 nitrogen and oxygen atoms in total. The van der Waals surface area contributed by atoms with Crippen molar-refractivity contribution in [3.05, 3.63) is 59.1 Å². The van der Waals surface area contributed by atoms with Gasteiger partial charge in [-0.05, 0) is 48.5 Å². The summed E-state index contributed by atoms with van der Waals surface area (Å²) < 4.78 is 11.1. The highest BCUT2D eigenvalue weighted by Gasteiger charge is 2.24. The van der Waals surface area contributed by atoms with Crippen molar-refractivity contribution in [1.82, 2.24) is 4.90 Å². The van der Waals surface area contributed by atoms with Gasteiger partial charge in [-0.3, -0.25) is 4.79 Å². The van der Waals surface area contributed by atoms with Crippen LogP contribution in [0.5, 0.6) is 11.5 Å². The highest BCUT2D eigenvalue weighted by molar-refractivity contribution is 6.30. The van der Waals surface area contributed by atoms with Crippen LogP contribution < -0.4 is 9.47 Å². The van der Waals surface area contributed by atoms with Crippen LogP contribution in [0.25, 0.3) is 0 Å². The first-order valence-corrected chi connectivity index (χ1v) is 8.39. The van der Waals surface area contributed by atoms with Gasteiger partial charge in [0.2, 0.25) is 0 Å². The quantitative estimate of drug-likeness (QED) is 0.839. The normalized spacial score (nSPS) is 15.2. The Morgan fingerprint density at radius 3 is 2.17 bits per heavy atom. The third-order valence-corrected chi connectivity index (χ3v) is 4.43. The Hall–Kier alpha value is -2.20. The Morgan fingerprint density at radius 1 is 1.00 bits per heavy atom. The zero-order valence-electron chi connectivity index (χ0n) is 13.6. The first kappa shape index (κ1) is 16.7. The van der Waals surface area contributed by atoms with Gasteiger partial charge in [-0.1, -0.05) is 11.6 Å². The number of likely N-dealkylation sites (tertiary alicyclic amines) is 1. The molecule has 0 aromatic heterocycles. The second-order valence-electron chi connectivity index (χ2n) is 5.79. The fraction of sp³-hybridized carbons (Fsp3) is 0.316. The first-order valence-electron chi connectivity index (χ1n) is 8.01. The van der Waals surface area contributed by atoms with Gasteiger partial charge in [0, 0.05) is 36.5 Å². The van der Waals surface area contributed by atoms with Gasteiger partial charge in [0.05, 0.1) is 7.11 Å². The van der Waals surface area contributed by atoms with Crippen LogP contribution in [-0.2, 0) is 0 Å². The summed E-state index contributed by atoms with van der Waals surface area (Å²) in [6.07, 6.45) is 1.78.